The van der Waals surface area contributed by atoms with E-state index < -0.39 is 0 Å². The average Bonchev–Trinajstić information content (AvgIpc) is 2.61. The molecule has 6 nitrogen and oxygen atoms in total. The lowest BCUT2D eigenvalue weighted by Gasteiger charge is -2.21. The summed E-state index contributed by atoms with van der Waals surface area (Å²) < 4.78 is 0. The summed E-state index contributed by atoms with van der Waals surface area (Å²) >= 11 is 5.85. The Balaban J connectivity index is 1.90. The van der Waals surface area contributed by atoms with Gasteiger partial charge in [0.1, 0.15) is 6.54 Å². The summed E-state index contributed by atoms with van der Waals surface area (Å²) in [7, 11) is 0. The van der Waals surface area contributed by atoms with Crippen LogP contribution in [0.5, 0.6) is 0 Å². The van der Waals surface area contributed by atoms with Gasteiger partial charge in [-0.05, 0) is 48.4 Å². The lowest BCUT2D eigenvalue weighted by atomic mass is 10.1. The number of carbonyl (C=O) groups is 3. The number of carbonyl (C=O) groups excluding carboxylic acids is 3. The molecule has 0 aliphatic rings. The van der Waals surface area contributed by atoms with Crippen molar-refractivity contribution in [2.45, 2.75) is 20.3 Å². The number of amides is 3. The number of rotatable bonds is 7. The van der Waals surface area contributed by atoms with E-state index in [1.807, 2.05) is 12.1 Å². The van der Waals surface area contributed by atoms with Crippen LogP contribution >= 0.6 is 11.6 Å². The zero-order valence-corrected chi connectivity index (χ0v) is 16.0. The van der Waals surface area contributed by atoms with Crippen molar-refractivity contribution >= 4 is 40.7 Å². The fourth-order valence-electron chi connectivity index (χ4n) is 2.51. The summed E-state index contributed by atoms with van der Waals surface area (Å²) in [4.78, 5) is 36.6. The van der Waals surface area contributed by atoms with Crippen LogP contribution in [0.15, 0.2) is 48.5 Å². The second kappa shape index (κ2) is 9.73. The molecule has 142 valence electrons. The molecule has 3 amide bonds. The van der Waals surface area contributed by atoms with Crippen molar-refractivity contribution in [2.24, 2.45) is 0 Å². The van der Waals surface area contributed by atoms with E-state index in [0.717, 1.165) is 5.56 Å². The van der Waals surface area contributed by atoms with Gasteiger partial charge >= 0.3 is 0 Å². The maximum Gasteiger partial charge on any atom is 0.240 e. The molecular formula is C20H22ClN3O3. The molecule has 0 unspecified atom stereocenters. The van der Waals surface area contributed by atoms with Crippen molar-refractivity contribution in [2.75, 3.05) is 23.3 Å². The Labute approximate surface area is 163 Å². The van der Waals surface area contributed by atoms with Crippen molar-refractivity contribution in [3.8, 4) is 0 Å². The van der Waals surface area contributed by atoms with Crippen LogP contribution in [-0.4, -0.2) is 30.8 Å². The molecule has 0 fully saturated rings. The molecule has 0 heterocycles. The average molecular weight is 388 g/mol. The Bertz CT molecular complexity index is 804. The van der Waals surface area contributed by atoms with E-state index in [-0.39, 0.29) is 24.3 Å². The van der Waals surface area contributed by atoms with E-state index in [2.05, 4.69) is 10.6 Å². The number of halogens is 1. The Hall–Kier alpha value is -2.86. The molecule has 0 saturated carbocycles. The minimum absolute atomic E-state index is 0.0740. The van der Waals surface area contributed by atoms with Crippen LogP contribution in [0.3, 0.4) is 0 Å². The van der Waals surface area contributed by atoms with Gasteiger partial charge in [0.15, 0.2) is 0 Å². The first kappa shape index (κ1) is 20.5. The number of benzene rings is 2. The summed E-state index contributed by atoms with van der Waals surface area (Å²) in [5.41, 5.74) is 2.28. The predicted molar refractivity (Wildman–Crippen MR) is 107 cm³/mol. The van der Waals surface area contributed by atoms with Gasteiger partial charge in [-0.25, -0.2) is 0 Å². The maximum atomic E-state index is 12.2. The highest BCUT2D eigenvalue weighted by atomic mass is 35.5. The Morgan fingerprint density at radius 1 is 0.963 bits per heavy atom. The number of nitrogens with one attached hydrogen (secondary N) is 2. The fourth-order valence-corrected chi connectivity index (χ4v) is 2.64. The predicted octanol–water partition coefficient (Wildman–Crippen LogP) is 3.01. The summed E-state index contributed by atoms with van der Waals surface area (Å²) in [5, 5.41) is 6.14. The standard InChI is InChI=1S/C20H22ClN3O3/c1-14(25)23-18-7-9-19(10-8-18)24(15(2)26)13-20(27)22-12-11-16-3-5-17(21)6-4-16/h3-10H,11-13H2,1-2H3,(H,22,27)(H,23,25). The fraction of sp³-hybridized carbons (Fsp3) is 0.250. The largest absolute Gasteiger partial charge is 0.354 e. The first-order chi connectivity index (χ1) is 12.8. The van der Waals surface area contributed by atoms with Gasteiger partial charge in [0.05, 0.1) is 0 Å². The Morgan fingerprint density at radius 2 is 1.59 bits per heavy atom. The lowest BCUT2D eigenvalue weighted by Crippen LogP contribution is -2.40. The number of hydrogen-bond acceptors (Lipinski definition) is 3. The van der Waals surface area contributed by atoms with Crippen molar-refractivity contribution in [1.82, 2.24) is 5.32 Å². The van der Waals surface area contributed by atoms with E-state index in [0.29, 0.717) is 29.4 Å². The summed E-state index contributed by atoms with van der Waals surface area (Å²) in [5.74, 6) is -0.661. The third-order valence-electron chi connectivity index (χ3n) is 3.83. The smallest absolute Gasteiger partial charge is 0.240 e. The first-order valence-electron chi connectivity index (χ1n) is 8.52. The van der Waals surface area contributed by atoms with Crippen LogP contribution < -0.4 is 15.5 Å². The SMILES string of the molecule is CC(=O)Nc1ccc(N(CC(=O)NCCc2ccc(Cl)cc2)C(C)=O)cc1. The molecule has 2 N–H and O–H groups in total. The quantitative estimate of drug-likeness (QED) is 0.766. The van der Waals surface area contributed by atoms with Crippen LogP contribution in [0.1, 0.15) is 19.4 Å². The highest BCUT2D eigenvalue weighted by Crippen LogP contribution is 2.18. The van der Waals surface area contributed by atoms with E-state index in [1.54, 1.807) is 36.4 Å². The first-order valence-corrected chi connectivity index (χ1v) is 8.90. The van der Waals surface area contributed by atoms with E-state index in [9.17, 15) is 14.4 Å². The molecule has 0 bridgehead atoms. The minimum atomic E-state index is -0.245. The highest BCUT2D eigenvalue weighted by molar-refractivity contribution is 6.30. The molecule has 2 aromatic rings. The topological polar surface area (TPSA) is 78.5 Å². The number of anilines is 2. The van der Waals surface area contributed by atoms with Crippen molar-refractivity contribution in [1.29, 1.82) is 0 Å². The van der Waals surface area contributed by atoms with E-state index >= 15 is 0 Å². The third-order valence-corrected chi connectivity index (χ3v) is 4.08. The molecule has 0 spiro atoms. The van der Waals surface area contributed by atoms with Crippen LogP contribution in [0, 0.1) is 0 Å². The second-order valence-electron chi connectivity index (χ2n) is 6.06. The molecule has 0 saturated heterocycles. The normalized spacial score (nSPS) is 10.2. The van der Waals surface area contributed by atoms with Gasteiger partial charge in [-0.15, -0.1) is 0 Å². The van der Waals surface area contributed by atoms with Crippen LogP contribution in [0.4, 0.5) is 11.4 Å². The van der Waals surface area contributed by atoms with Gasteiger partial charge < -0.3 is 15.5 Å². The van der Waals surface area contributed by atoms with Gasteiger partial charge in [0.2, 0.25) is 17.7 Å². The molecule has 0 aromatic heterocycles. The van der Waals surface area contributed by atoms with Crippen LogP contribution in [0.25, 0.3) is 0 Å². The monoisotopic (exact) mass is 387 g/mol. The third kappa shape index (κ3) is 6.75. The van der Waals surface area contributed by atoms with Gasteiger partial charge in [-0.3, -0.25) is 14.4 Å². The molecule has 0 atom stereocenters. The number of hydrogen-bond donors (Lipinski definition) is 2. The van der Waals surface area contributed by atoms with Crippen molar-refractivity contribution in [3.05, 3.63) is 59.1 Å². The van der Waals surface area contributed by atoms with E-state index in [4.69, 9.17) is 11.6 Å². The lowest BCUT2D eigenvalue weighted by molar-refractivity contribution is -0.123. The van der Waals surface area contributed by atoms with Gasteiger partial charge in [-0.2, -0.15) is 0 Å². The molecule has 2 rings (SSSR count). The molecule has 2 aromatic carbocycles. The molecular weight excluding hydrogens is 366 g/mol. The van der Waals surface area contributed by atoms with Crippen molar-refractivity contribution in [3.63, 3.8) is 0 Å². The molecule has 0 aliphatic carbocycles. The molecule has 7 heteroatoms. The zero-order valence-electron chi connectivity index (χ0n) is 15.3. The Kier molecular flexibility index (Phi) is 7.37. The zero-order chi connectivity index (χ0) is 19.8. The summed E-state index contributed by atoms with van der Waals surface area (Å²) in [6.07, 6.45) is 0.675. The van der Waals surface area contributed by atoms with Crippen LogP contribution in [-0.2, 0) is 20.8 Å². The summed E-state index contributed by atoms with van der Waals surface area (Å²) in [6.45, 7) is 3.22. The van der Waals surface area contributed by atoms with E-state index in [1.165, 1.54) is 18.7 Å². The summed E-state index contributed by atoms with van der Waals surface area (Å²) in [6, 6.07) is 14.2. The molecule has 27 heavy (non-hydrogen) atoms. The molecule has 0 aliphatic heterocycles. The van der Waals surface area contributed by atoms with Gasteiger partial charge in [0, 0.05) is 36.8 Å². The Morgan fingerprint density at radius 3 is 2.15 bits per heavy atom. The minimum Gasteiger partial charge on any atom is -0.354 e. The maximum absolute atomic E-state index is 12.2. The van der Waals surface area contributed by atoms with Crippen molar-refractivity contribution < 1.29 is 14.4 Å². The van der Waals surface area contributed by atoms with Gasteiger partial charge in [0.25, 0.3) is 0 Å². The number of nitrogens with zero attached hydrogens (tertiary/aromatic N) is 1. The van der Waals surface area contributed by atoms with Crippen LogP contribution in [0.2, 0.25) is 5.02 Å². The molecule has 0 radical (unpaired) electrons. The second-order valence-corrected chi connectivity index (χ2v) is 6.50. The van der Waals surface area contributed by atoms with Gasteiger partial charge in [-0.1, -0.05) is 23.7 Å². The highest BCUT2D eigenvalue weighted by Gasteiger charge is 2.15.